The van der Waals surface area contributed by atoms with Crippen LogP contribution >= 0.6 is 24.5 Å². The monoisotopic (exact) mass is 380 g/mol. The molecule has 0 aliphatic heterocycles. The summed E-state index contributed by atoms with van der Waals surface area (Å²) in [6.45, 7) is 9.80. The lowest BCUT2D eigenvalue weighted by molar-refractivity contribution is 0.174. The standard InChI is InChI=1S/C15H30BrN2O2P/c1-14(2)18(15(3)4)21(20-13-9-11-17)19-12-8-6-5-7-10-16/h14-15H,5-10,12-13H2,1-4H3. The number of nitriles is 1. The second kappa shape index (κ2) is 13.9. The number of nitrogens with zero attached hydrogens (tertiary/aromatic N) is 2. The van der Waals surface area contributed by atoms with Crippen molar-refractivity contribution in [2.24, 2.45) is 0 Å². The fraction of sp³-hybridized carbons (Fsp3) is 0.933. The third kappa shape index (κ3) is 10.6. The largest absolute Gasteiger partial charge is 0.322 e. The highest BCUT2D eigenvalue weighted by Gasteiger charge is 2.26. The summed E-state index contributed by atoms with van der Waals surface area (Å²) in [6, 6.07) is 2.85. The van der Waals surface area contributed by atoms with Crippen molar-refractivity contribution >= 4 is 24.5 Å². The Balaban J connectivity index is 4.27. The molecule has 1 unspecified atom stereocenters. The molecule has 0 aromatic carbocycles. The normalized spacial score (nSPS) is 13.1. The SMILES string of the molecule is CC(C)N(C(C)C)P(OCCC#N)OCCCCCCBr. The molecule has 0 aliphatic carbocycles. The van der Waals surface area contributed by atoms with Crippen LogP contribution in [0.25, 0.3) is 0 Å². The van der Waals surface area contributed by atoms with Gasteiger partial charge < -0.3 is 9.05 Å². The molecule has 6 heteroatoms. The molecule has 4 nitrogen and oxygen atoms in total. The molecule has 0 fully saturated rings. The average Bonchev–Trinajstić information content (AvgIpc) is 2.41. The molecule has 0 aromatic rings. The topological polar surface area (TPSA) is 45.5 Å². The Kier molecular flexibility index (Phi) is 14.1. The van der Waals surface area contributed by atoms with Gasteiger partial charge in [-0.15, -0.1) is 0 Å². The third-order valence-corrected chi connectivity index (χ3v) is 5.56. The summed E-state index contributed by atoms with van der Waals surface area (Å²) in [5.74, 6) is 0. The molecule has 0 N–H and O–H groups in total. The maximum atomic E-state index is 8.65. The summed E-state index contributed by atoms with van der Waals surface area (Å²) in [7, 11) is -1.07. The summed E-state index contributed by atoms with van der Waals surface area (Å²) in [5, 5.41) is 9.73. The van der Waals surface area contributed by atoms with Crippen molar-refractivity contribution in [2.75, 3.05) is 18.5 Å². The smallest absolute Gasteiger partial charge is 0.259 e. The van der Waals surface area contributed by atoms with E-state index in [1.54, 1.807) is 0 Å². The van der Waals surface area contributed by atoms with Crippen LogP contribution < -0.4 is 0 Å². The Morgan fingerprint density at radius 2 is 1.57 bits per heavy atom. The molecular formula is C15H30BrN2O2P. The van der Waals surface area contributed by atoms with Gasteiger partial charge >= 0.3 is 0 Å². The van der Waals surface area contributed by atoms with Crippen molar-refractivity contribution in [2.45, 2.75) is 71.9 Å². The van der Waals surface area contributed by atoms with Crippen LogP contribution in [-0.4, -0.2) is 35.3 Å². The summed E-state index contributed by atoms with van der Waals surface area (Å²) in [4.78, 5) is 0. The molecule has 21 heavy (non-hydrogen) atoms. The number of rotatable bonds is 13. The maximum absolute atomic E-state index is 8.65. The van der Waals surface area contributed by atoms with Crippen LogP contribution in [0, 0.1) is 11.3 Å². The Morgan fingerprint density at radius 3 is 2.10 bits per heavy atom. The van der Waals surface area contributed by atoms with Gasteiger partial charge in [-0.25, -0.2) is 4.67 Å². The first-order valence-corrected chi connectivity index (χ1v) is 10.1. The van der Waals surface area contributed by atoms with Crippen LogP contribution in [0.15, 0.2) is 0 Å². The van der Waals surface area contributed by atoms with E-state index in [0.717, 1.165) is 18.4 Å². The summed E-state index contributed by atoms with van der Waals surface area (Å²) in [6.07, 6.45) is 5.13. The van der Waals surface area contributed by atoms with E-state index in [4.69, 9.17) is 14.3 Å². The number of unbranched alkanes of at least 4 members (excludes halogenated alkanes) is 3. The lowest BCUT2D eigenvalue weighted by Gasteiger charge is -2.35. The minimum absolute atomic E-state index is 0.367. The molecule has 0 rings (SSSR count). The van der Waals surface area contributed by atoms with E-state index >= 15 is 0 Å². The van der Waals surface area contributed by atoms with Crippen LogP contribution in [0.1, 0.15) is 59.8 Å². The first kappa shape index (κ1) is 21.3. The predicted molar refractivity (Wildman–Crippen MR) is 93.4 cm³/mol. The number of alkyl halides is 1. The summed E-state index contributed by atoms with van der Waals surface area (Å²) >= 11 is 3.45. The van der Waals surface area contributed by atoms with Crippen LogP contribution in [0.5, 0.6) is 0 Å². The van der Waals surface area contributed by atoms with E-state index < -0.39 is 8.53 Å². The lowest BCUT2D eigenvalue weighted by atomic mass is 10.2. The average molecular weight is 381 g/mol. The van der Waals surface area contributed by atoms with E-state index in [-0.39, 0.29) is 0 Å². The minimum Gasteiger partial charge on any atom is -0.322 e. The van der Waals surface area contributed by atoms with E-state index in [0.29, 0.717) is 25.1 Å². The van der Waals surface area contributed by atoms with Gasteiger partial charge in [0.25, 0.3) is 8.53 Å². The van der Waals surface area contributed by atoms with E-state index in [1.165, 1.54) is 19.3 Å². The summed E-state index contributed by atoms with van der Waals surface area (Å²) < 4.78 is 14.1. The highest BCUT2D eigenvalue weighted by Crippen LogP contribution is 2.46. The van der Waals surface area contributed by atoms with Crippen molar-refractivity contribution in [3.8, 4) is 6.07 Å². The van der Waals surface area contributed by atoms with Gasteiger partial charge in [-0.05, 0) is 40.5 Å². The quantitative estimate of drug-likeness (QED) is 0.249. The molecule has 0 saturated carbocycles. The van der Waals surface area contributed by atoms with E-state index in [2.05, 4.69) is 54.4 Å². The Morgan fingerprint density at radius 1 is 1.00 bits per heavy atom. The van der Waals surface area contributed by atoms with Crippen LogP contribution in [0.2, 0.25) is 0 Å². The number of hydrogen-bond acceptors (Lipinski definition) is 4. The van der Waals surface area contributed by atoms with Crippen molar-refractivity contribution in [1.82, 2.24) is 4.67 Å². The lowest BCUT2D eigenvalue weighted by Crippen LogP contribution is -2.33. The maximum Gasteiger partial charge on any atom is 0.259 e. The Hall–Kier alpha value is 0.280. The molecule has 0 radical (unpaired) electrons. The highest BCUT2D eigenvalue weighted by atomic mass is 79.9. The second-order valence-electron chi connectivity index (χ2n) is 5.48. The zero-order chi connectivity index (χ0) is 16.1. The minimum atomic E-state index is -1.07. The fourth-order valence-electron chi connectivity index (χ4n) is 2.01. The highest BCUT2D eigenvalue weighted by molar-refractivity contribution is 9.09. The number of halogens is 1. The third-order valence-electron chi connectivity index (χ3n) is 2.89. The first-order chi connectivity index (χ1) is 10.0. The molecule has 1 atom stereocenters. The number of hydrogen-bond donors (Lipinski definition) is 0. The van der Waals surface area contributed by atoms with E-state index in [9.17, 15) is 0 Å². The predicted octanol–water partition coefficient (Wildman–Crippen LogP) is 5.23. The fourth-order valence-corrected chi connectivity index (χ4v) is 4.03. The van der Waals surface area contributed by atoms with Gasteiger partial charge in [-0.3, -0.25) is 0 Å². The zero-order valence-corrected chi connectivity index (χ0v) is 16.3. The van der Waals surface area contributed by atoms with Crippen LogP contribution in [-0.2, 0) is 9.05 Å². The second-order valence-corrected chi connectivity index (χ2v) is 7.73. The van der Waals surface area contributed by atoms with Gasteiger partial charge in [-0.2, -0.15) is 5.26 Å². The molecule has 0 spiro atoms. The van der Waals surface area contributed by atoms with Crippen molar-refractivity contribution in [3.63, 3.8) is 0 Å². The van der Waals surface area contributed by atoms with Gasteiger partial charge in [0.05, 0.1) is 25.7 Å². The molecular weight excluding hydrogens is 351 g/mol. The molecule has 0 aromatic heterocycles. The van der Waals surface area contributed by atoms with Gasteiger partial charge in [0.15, 0.2) is 0 Å². The molecule has 0 aliphatic rings. The Labute approximate surface area is 140 Å². The Bertz CT molecular complexity index is 277. The zero-order valence-electron chi connectivity index (χ0n) is 13.8. The molecule has 0 amide bonds. The van der Waals surface area contributed by atoms with Gasteiger partial charge in [-0.1, -0.05) is 28.8 Å². The van der Waals surface area contributed by atoms with Crippen molar-refractivity contribution in [3.05, 3.63) is 0 Å². The molecule has 0 bridgehead atoms. The molecule has 124 valence electrons. The molecule has 0 heterocycles. The van der Waals surface area contributed by atoms with Gasteiger partial charge in [0.1, 0.15) is 0 Å². The van der Waals surface area contributed by atoms with Crippen LogP contribution in [0.3, 0.4) is 0 Å². The molecule has 0 saturated heterocycles. The first-order valence-electron chi connectivity index (χ1n) is 7.81. The van der Waals surface area contributed by atoms with Gasteiger partial charge in [0, 0.05) is 17.4 Å². The summed E-state index contributed by atoms with van der Waals surface area (Å²) in [5.41, 5.74) is 0. The van der Waals surface area contributed by atoms with Crippen molar-refractivity contribution in [1.29, 1.82) is 5.26 Å². The van der Waals surface area contributed by atoms with Crippen molar-refractivity contribution < 1.29 is 9.05 Å². The van der Waals surface area contributed by atoms with E-state index in [1.807, 2.05) is 0 Å². The van der Waals surface area contributed by atoms with Gasteiger partial charge in [0.2, 0.25) is 0 Å². The van der Waals surface area contributed by atoms with Crippen LogP contribution in [0.4, 0.5) is 0 Å².